The molecule has 1 aromatic carbocycles. The molecule has 0 saturated heterocycles. The van der Waals surface area contributed by atoms with Gasteiger partial charge in [0.2, 0.25) is 5.91 Å². The molecule has 0 aromatic heterocycles. The molecule has 1 aromatic rings. The van der Waals surface area contributed by atoms with Crippen LogP contribution in [-0.4, -0.2) is 49.7 Å². The van der Waals surface area contributed by atoms with Crippen molar-refractivity contribution in [1.29, 1.82) is 0 Å². The van der Waals surface area contributed by atoms with Crippen molar-refractivity contribution in [2.24, 2.45) is 5.41 Å². The highest BCUT2D eigenvalue weighted by atomic mass is 16.6. The van der Waals surface area contributed by atoms with Crippen molar-refractivity contribution >= 4 is 23.8 Å². The van der Waals surface area contributed by atoms with Crippen LogP contribution in [0.3, 0.4) is 0 Å². The van der Waals surface area contributed by atoms with E-state index in [0.29, 0.717) is 0 Å². The molecular weight excluding hydrogens is 390 g/mol. The smallest absolute Gasteiger partial charge is 0.328 e. The molecule has 0 saturated carbocycles. The highest BCUT2D eigenvalue weighted by molar-refractivity contribution is 6.01. The van der Waals surface area contributed by atoms with Gasteiger partial charge >= 0.3 is 17.9 Å². The van der Waals surface area contributed by atoms with Gasteiger partial charge in [-0.1, -0.05) is 18.2 Å². The first kappa shape index (κ1) is 23.4. The Kier molecular flexibility index (Phi) is 7.97. The van der Waals surface area contributed by atoms with Gasteiger partial charge in [-0.2, -0.15) is 0 Å². The molecule has 1 unspecified atom stereocenters. The van der Waals surface area contributed by atoms with Crippen molar-refractivity contribution in [1.82, 2.24) is 5.32 Å². The first-order valence-corrected chi connectivity index (χ1v) is 10.2. The Labute approximate surface area is 176 Å². The molecule has 0 heterocycles. The van der Waals surface area contributed by atoms with E-state index in [1.54, 1.807) is 20.8 Å². The summed E-state index contributed by atoms with van der Waals surface area (Å²) >= 11 is 0. The van der Waals surface area contributed by atoms with Gasteiger partial charge in [0.1, 0.15) is 6.04 Å². The highest BCUT2D eigenvalue weighted by Gasteiger charge is 2.53. The number of esters is 3. The van der Waals surface area contributed by atoms with Crippen LogP contribution in [0, 0.1) is 5.41 Å². The van der Waals surface area contributed by atoms with E-state index in [-0.39, 0.29) is 45.0 Å². The molecule has 1 atom stereocenters. The summed E-state index contributed by atoms with van der Waals surface area (Å²) in [5.41, 5.74) is 1.06. The number of fused-ring (bicyclic) bond motifs is 1. The summed E-state index contributed by atoms with van der Waals surface area (Å²) in [5.74, 6) is -2.04. The molecule has 1 N–H and O–H groups in total. The van der Waals surface area contributed by atoms with Crippen molar-refractivity contribution in [3.8, 4) is 0 Å². The van der Waals surface area contributed by atoms with Crippen LogP contribution in [0.5, 0.6) is 0 Å². The van der Waals surface area contributed by atoms with E-state index in [2.05, 4.69) is 5.32 Å². The Morgan fingerprint density at radius 1 is 0.933 bits per heavy atom. The van der Waals surface area contributed by atoms with E-state index in [1.807, 2.05) is 18.2 Å². The zero-order chi connectivity index (χ0) is 22.3. The molecule has 8 heteroatoms. The molecule has 1 aliphatic carbocycles. The fourth-order valence-corrected chi connectivity index (χ4v) is 3.68. The minimum Gasteiger partial charge on any atom is -0.465 e. The van der Waals surface area contributed by atoms with Gasteiger partial charge in [-0.05, 0) is 50.3 Å². The average molecular weight is 419 g/mol. The lowest BCUT2D eigenvalue weighted by Crippen LogP contribution is -2.43. The fourth-order valence-electron chi connectivity index (χ4n) is 3.68. The van der Waals surface area contributed by atoms with Crippen LogP contribution in [-0.2, 0) is 52.7 Å². The molecule has 1 amide bonds. The van der Waals surface area contributed by atoms with Crippen molar-refractivity contribution in [2.75, 3.05) is 19.8 Å². The zero-order valence-electron chi connectivity index (χ0n) is 17.9. The third-order valence-corrected chi connectivity index (χ3v) is 4.98. The molecule has 1 aliphatic rings. The second kappa shape index (κ2) is 10.2. The first-order valence-electron chi connectivity index (χ1n) is 10.2. The Balaban J connectivity index is 2.28. The predicted molar refractivity (Wildman–Crippen MR) is 107 cm³/mol. The van der Waals surface area contributed by atoms with Gasteiger partial charge in [0.15, 0.2) is 5.41 Å². The maximum Gasteiger partial charge on any atom is 0.328 e. The van der Waals surface area contributed by atoms with Crippen molar-refractivity contribution < 1.29 is 33.4 Å². The molecule has 164 valence electrons. The van der Waals surface area contributed by atoms with E-state index in [0.717, 1.165) is 16.7 Å². The summed E-state index contributed by atoms with van der Waals surface area (Å²) in [6.07, 6.45) is 0.600. The topological polar surface area (TPSA) is 108 Å². The number of hydrogen-bond acceptors (Lipinski definition) is 7. The molecule has 0 bridgehead atoms. The molecule has 8 nitrogen and oxygen atoms in total. The van der Waals surface area contributed by atoms with E-state index in [4.69, 9.17) is 14.2 Å². The third-order valence-electron chi connectivity index (χ3n) is 4.98. The number of ether oxygens (including phenoxy) is 3. The summed E-state index contributed by atoms with van der Waals surface area (Å²) < 4.78 is 15.4. The van der Waals surface area contributed by atoms with Gasteiger partial charge in [0.25, 0.3) is 0 Å². The van der Waals surface area contributed by atoms with E-state index in [1.165, 1.54) is 6.92 Å². The van der Waals surface area contributed by atoms with Gasteiger partial charge in [-0.3, -0.25) is 14.4 Å². The number of rotatable bonds is 9. The van der Waals surface area contributed by atoms with Gasteiger partial charge < -0.3 is 19.5 Å². The van der Waals surface area contributed by atoms with E-state index in [9.17, 15) is 19.2 Å². The average Bonchev–Trinajstić information content (AvgIpc) is 3.08. The Morgan fingerprint density at radius 3 is 2.03 bits per heavy atom. The second-order valence-corrected chi connectivity index (χ2v) is 7.19. The van der Waals surface area contributed by atoms with Gasteiger partial charge in [0.05, 0.1) is 19.8 Å². The van der Waals surface area contributed by atoms with Crippen molar-refractivity contribution in [2.45, 2.75) is 53.0 Å². The third kappa shape index (κ3) is 5.17. The minimum absolute atomic E-state index is 0.165. The van der Waals surface area contributed by atoms with Crippen LogP contribution in [0.2, 0.25) is 0 Å². The van der Waals surface area contributed by atoms with Gasteiger partial charge in [-0.15, -0.1) is 0 Å². The van der Waals surface area contributed by atoms with Crippen LogP contribution in [0.4, 0.5) is 0 Å². The molecular formula is C22H29NO7. The standard InChI is InChI=1S/C22H29NO7/c1-5-28-19(25)18(23-14(4)24)11-15-8-9-16-12-22(13-17(16)10-15,20(26)29-6-2)21(27)30-7-3/h8-10,18H,5-7,11-13H2,1-4H3,(H,23,24). The molecule has 0 fully saturated rings. The van der Waals surface area contributed by atoms with E-state index < -0.39 is 29.4 Å². The van der Waals surface area contributed by atoms with Crippen LogP contribution in [0.25, 0.3) is 0 Å². The normalized spacial score (nSPS) is 14.9. The van der Waals surface area contributed by atoms with Gasteiger partial charge in [0, 0.05) is 13.3 Å². The monoisotopic (exact) mass is 419 g/mol. The van der Waals surface area contributed by atoms with Crippen LogP contribution < -0.4 is 5.32 Å². The summed E-state index contributed by atoms with van der Waals surface area (Å²) in [6, 6.07) is 4.69. The summed E-state index contributed by atoms with van der Waals surface area (Å²) in [6.45, 7) is 6.95. The number of benzene rings is 1. The number of carbonyl (C=O) groups is 4. The zero-order valence-corrected chi connectivity index (χ0v) is 17.9. The fraction of sp³-hybridized carbons (Fsp3) is 0.545. The number of amides is 1. The highest BCUT2D eigenvalue weighted by Crippen LogP contribution is 2.40. The minimum atomic E-state index is -1.40. The summed E-state index contributed by atoms with van der Waals surface area (Å²) in [5, 5.41) is 2.61. The Bertz CT molecular complexity index is 800. The largest absolute Gasteiger partial charge is 0.465 e. The predicted octanol–water partition coefficient (Wildman–Crippen LogP) is 1.51. The lowest BCUT2D eigenvalue weighted by Gasteiger charge is -2.24. The number of hydrogen-bond donors (Lipinski definition) is 1. The Hall–Kier alpha value is -2.90. The maximum atomic E-state index is 12.7. The molecule has 0 radical (unpaired) electrons. The van der Waals surface area contributed by atoms with Crippen LogP contribution in [0.15, 0.2) is 18.2 Å². The Morgan fingerprint density at radius 2 is 1.50 bits per heavy atom. The summed E-state index contributed by atoms with van der Waals surface area (Å²) in [4.78, 5) is 49.0. The second-order valence-electron chi connectivity index (χ2n) is 7.19. The molecule has 0 aliphatic heterocycles. The van der Waals surface area contributed by atoms with E-state index >= 15 is 0 Å². The lowest BCUT2D eigenvalue weighted by atomic mass is 9.84. The van der Waals surface area contributed by atoms with Gasteiger partial charge in [-0.25, -0.2) is 4.79 Å². The molecule has 2 rings (SSSR count). The summed E-state index contributed by atoms with van der Waals surface area (Å²) in [7, 11) is 0. The SMILES string of the molecule is CCOC(=O)C(Cc1ccc2c(c1)CC(C(=O)OCC)(C(=O)OCC)C2)NC(C)=O. The van der Waals surface area contributed by atoms with Crippen LogP contribution >= 0.6 is 0 Å². The molecule has 30 heavy (non-hydrogen) atoms. The number of carbonyl (C=O) groups excluding carboxylic acids is 4. The van der Waals surface area contributed by atoms with Crippen LogP contribution in [0.1, 0.15) is 44.4 Å². The molecule has 0 spiro atoms. The lowest BCUT2D eigenvalue weighted by molar-refractivity contribution is -0.171. The maximum absolute atomic E-state index is 12.7. The van der Waals surface area contributed by atoms with Crippen molar-refractivity contribution in [3.63, 3.8) is 0 Å². The van der Waals surface area contributed by atoms with Crippen molar-refractivity contribution in [3.05, 3.63) is 34.9 Å². The first-order chi connectivity index (χ1) is 14.3. The number of nitrogens with one attached hydrogen (secondary N) is 1. The quantitative estimate of drug-likeness (QED) is 0.367.